The lowest BCUT2D eigenvalue weighted by Crippen LogP contribution is -2.41. The van der Waals surface area contributed by atoms with E-state index in [0.29, 0.717) is 0 Å². The van der Waals surface area contributed by atoms with Crippen molar-refractivity contribution in [3.63, 3.8) is 0 Å². The largest absolute Gasteiger partial charge is 0.440 e. The predicted molar refractivity (Wildman–Crippen MR) is 54.6 cm³/mol. The minimum atomic E-state index is -4.60. The number of halogens is 4. The van der Waals surface area contributed by atoms with E-state index in [-0.39, 0.29) is 12.3 Å². The minimum absolute atomic E-state index is 0.0469. The summed E-state index contributed by atoms with van der Waals surface area (Å²) in [5.41, 5.74) is 0. The average molecular weight is 276 g/mol. The zero-order valence-electron chi connectivity index (χ0n) is 9.31. The summed E-state index contributed by atoms with van der Waals surface area (Å²) in [5.74, 6) is 0.0469. The minimum Gasteiger partial charge on any atom is -0.440 e. The van der Waals surface area contributed by atoms with Crippen molar-refractivity contribution in [1.29, 1.82) is 0 Å². The standard InChI is InChI=1S/C9H13ClF3NO3/c1-5(2)3-6(7(10)15)14-8(16)17-4-9(11,12)13/h5-6H,3-4H2,1-2H3,(H,14,16). The quantitative estimate of drug-likeness (QED) is 0.784. The molecule has 0 heterocycles. The fraction of sp³-hybridized carbons (Fsp3) is 0.778. The molecular weight excluding hydrogens is 263 g/mol. The van der Waals surface area contributed by atoms with Crippen LogP contribution in [0.3, 0.4) is 0 Å². The van der Waals surface area contributed by atoms with Crippen molar-refractivity contribution in [3.05, 3.63) is 0 Å². The molecule has 0 aliphatic carbocycles. The number of hydrogen-bond donors (Lipinski definition) is 1. The van der Waals surface area contributed by atoms with Crippen LogP contribution in [0.2, 0.25) is 0 Å². The van der Waals surface area contributed by atoms with Crippen LogP contribution in [0.1, 0.15) is 20.3 Å². The Morgan fingerprint density at radius 3 is 2.24 bits per heavy atom. The number of ether oxygens (including phenoxy) is 1. The molecule has 0 bridgehead atoms. The van der Waals surface area contributed by atoms with Gasteiger partial charge in [-0.3, -0.25) is 4.79 Å². The number of amides is 1. The molecule has 1 unspecified atom stereocenters. The molecule has 4 nitrogen and oxygen atoms in total. The molecule has 0 aromatic rings. The first-order chi connectivity index (χ1) is 7.61. The van der Waals surface area contributed by atoms with E-state index in [1.54, 1.807) is 13.8 Å². The second-order valence-corrected chi connectivity index (χ2v) is 4.19. The Balaban J connectivity index is 4.18. The Bertz CT molecular complexity index is 281. The second kappa shape index (κ2) is 6.68. The fourth-order valence-electron chi connectivity index (χ4n) is 1.01. The highest BCUT2D eigenvalue weighted by Gasteiger charge is 2.30. The maximum atomic E-state index is 11.7. The maximum absolute atomic E-state index is 11.7. The Morgan fingerprint density at radius 1 is 1.35 bits per heavy atom. The van der Waals surface area contributed by atoms with Gasteiger partial charge in [0.1, 0.15) is 6.04 Å². The van der Waals surface area contributed by atoms with Gasteiger partial charge in [0.05, 0.1) is 0 Å². The van der Waals surface area contributed by atoms with Crippen molar-refractivity contribution in [2.24, 2.45) is 5.92 Å². The number of rotatable bonds is 5. The van der Waals surface area contributed by atoms with Crippen LogP contribution < -0.4 is 5.32 Å². The first-order valence-corrected chi connectivity index (χ1v) is 5.19. The molecule has 0 fully saturated rings. The zero-order chi connectivity index (χ0) is 13.6. The van der Waals surface area contributed by atoms with Gasteiger partial charge in [0.2, 0.25) is 5.24 Å². The lowest BCUT2D eigenvalue weighted by molar-refractivity contribution is -0.160. The lowest BCUT2D eigenvalue weighted by Gasteiger charge is -2.16. The highest BCUT2D eigenvalue weighted by Crippen LogP contribution is 2.14. The molecule has 0 spiro atoms. The fourth-order valence-corrected chi connectivity index (χ4v) is 1.15. The van der Waals surface area contributed by atoms with Crippen LogP contribution in [0.25, 0.3) is 0 Å². The summed E-state index contributed by atoms with van der Waals surface area (Å²) in [5, 5.41) is 1.13. The van der Waals surface area contributed by atoms with Gasteiger partial charge in [-0.05, 0) is 23.9 Å². The molecule has 0 aromatic heterocycles. The van der Waals surface area contributed by atoms with Crippen molar-refractivity contribution in [3.8, 4) is 0 Å². The van der Waals surface area contributed by atoms with Gasteiger partial charge in [0.15, 0.2) is 6.61 Å². The topological polar surface area (TPSA) is 55.4 Å². The van der Waals surface area contributed by atoms with Crippen molar-refractivity contribution in [1.82, 2.24) is 5.32 Å². The Morgan fingerprint density at radius 2 is 1.88 bits per heavy atom. The number of alkyl halides is 3. The molecule has 1 amide bonds. The maximum Gasteiger partial charge on any atom is 0.422 e. The number of nitrogens with one attached hydrogen (secondary N) is 1. The van der Waals surface area contributed by atoms with Crippen LogP contribution in [0.5, 0.6) is 0 Å². The van der Waals surface area contributed by atoms with Crippen LogP contribution in [-0.4, -0.2) is 30.2 Å². The van der Waals surface area contributed by atoms with Crippen LogP contribution in [0.15, 0.2) is 0 Å². The third-order valence-corrected chi connectivity index (χ3v) is 1.90. The molecule has 0 aliphatic rings. The molecule has 17 heavy (non-hydrogen) atoms. The normalized spacial score (nSPS) is 13.4. The van der Waals surface area contributed by atoms with Crippen LogP contribution in [0.4, 0.5) is 18.0 Å². The van der Waals surface area contributed by atoms with Gasteiger partial charge < -0.3 is 10.1 Å². The number of carbonyl (C=O) groups is 2. The highest BCUT2D eigenvalue weighted by atomic mass is 35.5. The monoisotopic (exact) mass is 275 g/mol. The SMILES string of the molecule is CC(C)CC(NC(=O)OCC(F)(F)F)C(=O)Cl. The van der Waals surface area contributed by atoms with E-state index in [4.69, 9.17) is 11.6 Å². The third-order valence-electron chi connectivity index (χ3n) is 1.64. The van der Waals surface area contributed by atoms with Gasteiger partial charge in [0.25, 0.3) is 0 Å². The molecule has 0 saturated heterocycles. The van der Waals surface area contributed by atoms with Crippen LogP contribution >= 0.6 is 11.6 Å². The van der Waals surface area contributed by atoms with E-state index in [9.17, 15) is 22.8 Å². The van der Waals surface area contributed by atoms with Crippen LogP contribution in [-0.2, 0) is 9.53 Å². The van der Waals surface area contributed by atoms with Gasteiger partial charge >= 0.3 is 12.3 Å². The van der Waals surface area contributed by atoms with Gasteiger partial charge in [-0.2, -0.15) is 13.2 Å². The zero-order valence-corrected chi connectivity index (χ0v) is 10.1. The summed E-state index contributed by atoms with van der Waals surface area (Å²) in [6.07, 6.45) is -5.69. The van der Waals surface area contributed by atoms with Gasteiger partial charge in [-0.15, -0.1) is 0 Å². The second-order valence-electron chi connectivity index (χ2n) is 3.82. The Labute approximate surface area is 101 Å². The van der Waals surface area contributed by atoms with Crippen molar-refractivity contribution in [2.75, 3.05) is 6.61 Å². The van der Waals surface area contributed by atoms with Crippen molar-refractivity contribution in [2.45, 2.75) is 32.5 Å². The summed E-state index contributed by atoms with van der Waals surface area (Å²) >= 11 is 5.19. The van der Waals surface area contributed by atoms with Gasteiger partial charge in [0, 0.05) is 0 Å². The predicted octanol–water partition coefficient (Wildman–Crippen LogP) is 2.46. The number of carbonyl (C=O) groups excluding carboxylic acids is 2. The first-order valence-electron chi connectivity index (χ1n) is 4.81. The summed E-state index contributed by atoms with van der Waals surface area (Å²) in [4.78, 5) is 21.8. The molecule has 1 N–H and O–H groups in total. The first kappa shape index (κ1) is 16.0. The van der Waals surface area contributed by atoms with Crippen molar-refractivity contribution < 1.29 is 27.5 Å². The molecular formula is C9H13ClF3NO3. The third kappa shape index (κ3) is 8.79. The van der Waals surface area contributed by atoms with Gasteiger partial charge in [-0.1, -0.05) is 13.8 Å². The summed E-state index contributed by atoms with van der Waals surface area (Å²) in [7, 11) is 0. The molecule has 0 aromatic carbocycles. The smallest absolute Gasteiger partial charge is 0.422 e. The van der Waals surface area contributed by atoms with Crippen LogP contribution in [0, 0.1) is 5.92 Å². The Kier molecular flexibility index (Phi) is 6.30. The molecule has 100 valence electrons. The summed E-state index contributed by atoms with van der Waals surface area (Å²) < 4.78 is 39.1. The average Bonchev–Trinajstić information content (AvgIpc) is 2.11. The number of hydrogen-bond acceptors (Lipinski definition) is 3. The van der Waals surface area contributed by atoms with E-state index in [1.165, 1.54) is 0 Å². The van der Waals surface area contributed by atoms with E-state index in [0.717, 1.165) is 0 Å². The molecule has 0 rings (SSSR count). The molecule has 0 aliphatic heterocycles. The Hall–Kier alpha value is -0.980. The molecule has 1 atom stereocenters. The van der Waals surface area contributed by atoms with E-state index in [2.05, 4.69) is 4.74 Å². The van der Waals surface area contributed by atoms with E-state index < -0.39 is 30.2 Å². The lowest BCUT2D eigenvalue weighted by atomic mass is 10.1. The van der Waals surface area contributed by atoms with Gasteiger partial charge in [-0.25, -0.2) is 4.79 Å². The summed E-state index contributed by atoms with van der Waals surface area (Å²) in [6.45, 7) is 1.84. The van der Waals surface area contributed by atoms with Crippen molar-refractivity contribution >= 4 is 22.9 Å². The highest BCUT2D eigenvalue weighted by molar-refractivity contribution is 6.64. The summed E-state index contributed by atoms with van der Waals surface area (Å²) in [6, 6.07) is -1.04. The molecule has 0 saturated carbocycles. The van der Waals surface area contributed by atoms with E-state index in [1.807, 2.05) is 5.32 Å². The van der Waals surface area contributed by atoms with E-state index >= 15 is 0 Å². The molecule has 8 heteroatoms. The molecule has 0 radical (unpaired) electrons. The number of alkyl carbamates (subject to hydrolysis) is 1.